The smallest absolute Gasteiger partial charge is 0.398 e. The summed E-state index contributed by atoms with van der Waals surface area (Å²) in [6, 6.07) is 10.7. The zero-order chi connectivity index (χ0) is 31.3. The van der Waals surface area contributed by atoms with Crippen molar-refractivity contribution in [1.82, 2.24) is 15.3 Å². The summed E-state index contributed by atoms with van der Waals surface area (Å²) >= 11 is 3.39. The molecule has 4 aromatic rings. The highest BCUT2D eigenvalue weighted by Gasteiger charge is 2.47. The zero-order valence-corrected chi connectivity index (χ0v) is 24.7. The molecule has 1 aliphatic rings. The van der Waals surface area contributed by atoms with Crippen molar-refractivity contribution in [2.24, 2.45) is 5.73 Å². The number of aromatic nitrogens is 2. The number of nitrogens with two attached hydrogens (primary N) is 1. The quantitative estimate of drug-likeness (QED) is 0.245. The molecule has 1 aliphatic heterocycles. The molecule has 224 valence electrons. The fourth-order valence-corrected chi connectivity index (χ4v) is 5.22. The average Bonchev–Trinajstić information content (AvgIpc) is 3.30. The summed E-state index contributed by atoms with van der Waals surface area (Å²) in [5.41, 5.74) is 5.34. The van der Waals surface area contributed by atoms with Crippen molar-refractivity contribution in [2.75, 3.05) is 20.3 Å². The van der Waals surface area contributed by atoms with E-state index in [0.717, 1.165) is 18.2 Å². The van der Waals surface area contributed by atoms with Crippen LogP contribution in [0.15, 0.2) is 53.0 Å². The van der Waals surface area contributed by atoms with Gasteiger partial charge in [0.1, 0.15) is 46.5 Å². The van der Waals surface area contributed by atoms with Crippen molar-refractivity contribution in [3.05, 3.63) is 81.3 Å². The molecule has 3 heterocycles. The molecule has 0 saturated carbocycles. The molecule has 2 atom stereocenters. The highest BCUT2D eigenvalue weighted by Crippen LogP contribution is 2.46. The van der Waals surface area contributed by atoms with E-state index in [-0.39, 0.29) is 40.5 Å². The maximum absolute atomic E-state index is 14.6. The first-order valence-corrected chi connectivity index (χ1v) is 13.8. The van der Waals surface area contributed by atoms with Crippen molar-refractivity contribution in [2.45, 2.75) is 31.4 Å². The lowest BCUT2D eigenvalue weighted by Crippen LogP contribution is -2.40. The Labute approximate surface area is 251 Å². The van der Waals surface area contributed by atoms with Crippen molar-refractivity contribution in [3.63, 3.8) is 0 Å². The Morgan fingerprint density at radius 1 is 1.16 bits per heavy atom. The molecule has 2 amide bonds. The number of fused-ring (bicyclic) bond motifs is 2. The number of hydrogen-bond acceptors (Lipinski definition) is 6. The molecule has 2 aromatic carbocycles. The molecule has 0 bridgehead atoms. The fourth-order valence-electron chi connectivity index (χ4n) is 4.88. The minimum absolute atomic E-state index is 0.00862. The van der Waals surface area contributed by atoms with Crippen LogP contribution in [0.5, 0.6) is 11.5 Å². The number of amides is 2. The van der Waals surface area contributed by atoms with Crippen LogP contribution in [0.1, 0.15) is 40.2 Å². The standard InChI is InChI=1S/C30H25BrF4N4O4/c1-14-21(31)9-16-8-17(10-23(42-3)24(16)38-14)27(40)37-12-20(30(33,34)35)22-11-19-26(43-13-29(19,2)28(36)41)25(39-22)15-4-6-18(32)7-5-15/h4-11,20H,12-13H2,1-3H3,(H2,36,41)(H,37,40)/t20?,29-/m0/s1. The van der Waals surface area contributed by atoms with E-state index in [1.807, 2.05) is 0 Å². The molecule has 13 heteroatoms. The maximum atomic E-state index is 14.6. The third-order valence-electron chi connectivity index (χ3n) is 7.47. The lowest BCUT2D eigenvalue weighted by molar-refractivity contribution is -0.149. The largest absolute Gasteiger partial charge is 0.494 e. The topological polar surface area (TPSA) is 116 Å². The molecule has 8 nitrogen and oxygen atoms in total. The Morgan fingerprint density at radius 3 is 2.49 bits per heavy atom. The number of alkyl halides is 3. The highest BCUT2D eigenvalue weighted by molar-refractivity contribution is 9.10. The van der Waals surface area contributed by atoms with Crippen LogP contribution < -0.4 is 20.5 Å². The van der Waals surface area contributed by atoms with Crippen LogP contribution >= 0.6 is 15.9 Å². The number of halogens is 5. The van der Waals surface area contributed by atoms with Crippen LogP contribution in [0.3, 0.4) is 0 Å². The van der Waals surface area contributed by atoms with E-state index in [1.54, 1.807) is 13.0 Å². The van der Waals surface area contributed by atoms with Crippen LogP contribution in [0.4, 0.5) is 17.6 Å². The third kappa shape index (κ3) is 5.61. The number of nitrogens with one attached hydrogen (secondary N) is 1. The van der Waals surface area contributed by atoms with Crippen LogP contribution in [0, 0.1) is 12.7 Å². The molecule has 3 N–H and O–H groups in total. The number of benzene rings is 2. The van der Waals surface area contributed by atoms with Gasteiger partial charge in [-0.3, -0.25) is 9.59 Å². The molecule has 2 aromatic heterocycles. The number of hydrogen-bond donors (Lipinski definition) is 2. The first kappa shape index (κ1) is 30.2. The first-order valence-electron chi connectivity index (χ1n) is 13.0. The zero-order valence-electron chi connectivity index (χ0n) is 23.1. The van der Waals surface area contributed by atoms with Gasteiger partial charge in [-0.15, -0.1) is 0 Å². The van der Waals surface area contributed by atoms with E-state index in [4.69, 9.17) is 15.2 Å². The van der Waals surface area contributed by atoms with Gasteiger partial charge in [-0.1, -0.05) is 0 Å². The highest BCUT2D eigenvalue weighted by atomic mass is 79.9. The minimum Gasteiger partial charge on any atom is -0.494 e. The molecule has 0 saturated heterocycles. The minimum atomic E-state index is -4.86. The molecular weight excluding hydrogens is 636 g/mol. The third-order valence-corrected chi connectivity index (χ3v) is 8.27. The summed E-state index contributed by atoms with van der Waals surface area (Å²) in [7, 11) is 1.40. The van der Waals surface area contributed by atoms with E-state index in [9.17, 15) is 27.2 Å². The number of primary amides is 1. The van der Waals surface area contributed by atoms with Crippen molar-refractivity contribution < 1.29 is 36.6 Å². The predicted octanol–water partition coefficient (Wildman–Crippen LogP) is 5.73. The number of rotatable bonds is 7. The Morgan fingerprint density at radius 2 is 1.86 bits per heavy atom. The van der Waals surface area contributed by atoms with Gasteiger partial charge in [0.15, 0.2) is 0 Å². The lowest BCUT2D eigenvalue weighted by Gasteiger charge is -2.24. The molecule has 43 heavy (non-hydrogen) atoms. The van der Waals surface area contributed by atoms with Gasteiger partial charge in [-0.2, -0.15) is 13.2 Å². The summed E-state index contributed by atoms with van der Waals surface area (Å²) in [6.07, 6.45) is -4.86. The number of aryl methyl sites for hydroxylation is 1. The number of nitrogens with zero attached hydrogens (tertiary/aromatic N) is 2. The number of ether oxygens (including phenoxy) is 2. The monoisotopic (exact) mass is 660 g/mol. The Hall–Kier alpha value is -4.26. The molecule has 0 fully saturated rings. The molecule has 5 rings (SSSR count). The van der Waals surface area contributed by atoms with E-state index in [1.165, 1.54) is 38.3 Å². The molecule has 0 aliphatic carbocycles. The van der Waals surface area contributed by atoms with Crippen LogP contribution in [-0.2, 0) is 10.2 Å². The van der Waals surface area contributed by atoms with Gasteiger partial charge in [-0.05, 0) is 78.3 Å². The SMILES string of the molecule is COc1cc(C(=O)NCC(c2cc3c(c(-c4ccc(F)cc4)n2)OC[C@]3(C)C(N)=O)C(F)(F)F)cc2cc(Br)c(C)nc12. The number of carbonyl (C=O) groups is 2. The summed E-state index contributed by atoms with van der Waals surface area (Å²) in [5.74, 6) is -4.05. The number of pyridine rings is 2. The molecule has 1 unspecified atom stereocenters. The van der Waals surface area contributed by atoms with Crippen LogP contribution in [0.25, 0.3) is 22.2 Å². The van der Waals surface area contributed by atoms with Gasteiger partial charge in [0, 0.05) is 33.1 Å². The lowest BCUT2D eigenvalue weighted by atomic mass is 9.82. The van der Waals surface area contributed by atoms with E-state index >= 15 is 0 Å². The average molecular weight is 661 g/mol. The summed E-state index contributed by atoms with van der Waals surface area (Å²) in [5, 5.41) is 2.91. The van der Waals surface area contributed by atoms with Gasteiger partial charge in [0.2, 0.25) is 5.91 Å². The predicted molar refractivity (Wildman–Crippen MR) is 154 cm³/mol. The molecule has 0 radical (unpaired) electrons. The Kier molecular flexibility index (Phi) is 7.80. The summed E-state index contributed by atoms with van der Waals surface area (Å²) < 4.78 is 69.1. The summed E-state index contributed by atoms with van der Waals surface area (Å²) in [4.78, 5) is 34.3. The normalized spacial score (nSPS) is 16.8. The van der Waals surface area contributed by atoms with E-state index in [2.05, 4.69) is 31.2 Å². The van der Waals surface area contributed by atoms with Gasteiger partial charge >= 0.3 is 6.18 Å². The molecule has 0 spiro atoms. The van der Waals surface area contributed by atoms with Crippen molar-refractivity contribution in [1.29, 1.82) is 0 Å². The van der Waals surface area contributed by atoms with Gasteiger partial charge in [0.25, 0.3) is 5.91 Å². The second kappa shape index (κ2) is 11.1. The van der Waals surface area contributed by atoms with Gasteiger partial charge in [0.05, 0.1) is 18.5 Å². The fraction of sp³-hybridized carbons (Fsp3) is 0.267. The first-order chi connectivity index (χ1) is 20.2. The van der Waals surface area contributed by atoms with Gasteiger partial charge < -0.3 is 20.5 Å². The van der Waals surface area contributed by atoms with Crippen molar-refractivity contribution in [3.8, 4) is 22.8 Å². The second-order valence-corrected chi connectivity index (χ2v) is 11.2. The van der Waals surface area contributed by atoms with E-state index in [0.29, 0.717) is 21.1 Å². The number of methoxy groups -OCH3 is 1. The van der Waals surface area contributed by atoms with E-state index < -0.39 is 47.4 Å². The Balaban J connectivity index is 1.54. The molecular formula is C30H25BrF4N4O4. The maximum Gasteiger partial charge on any atom is 0.398 e. The van der Waals surface area contributed by atoms with Gasteiger partial charge in [-0.25, -0.2) is 14.4 Å². The van der Waals surface area contributed by atoms with Crippen LogP contribution in [0.2, 0.25) is 0 Å². The van der Waals surface area contributed by atoms with Crippen molar-refractivity contribution >= 4 is 38.6 Å². The Bertz CT molecular complexity index is 1760. The summed E-state index contributed by atoms with van der Waals surface area (Å²) in [6.45, 7) is 2.17. The second-order valence-electron chi connectivity index (χ2n) is 10.4. The number of carbonyl (C=O) groups excluding carboxylic acids is 2. The van der Waals surface area contributed by atoms with Crippen LogP contribution in [-0.4, -0.2) is 48.2 Å².